The zero-order chi connectivity index (χ0) is 13.8. The Hall–Kier alpha value is -1.22. The van der Waals surface area contributed by atoms with Crippen LogP contribution >= 0.6 is 11.6 Å². The molecule has 2 rings (SSSR count). The van der Waals surface area contributed by atoms with Crippen molar-refractivity contribution in [2.75, 3.05) is 18.8 Å². The molecule has 1 fully saturated rings. The van der Waals surface area contributed by atoms with Gasteiger partial charge >= 0.3 is 0 Å². The van der Waals surface area contributed by atoms with E-state index in [9.17, 15) is 4.79 Å². The predicted molar refractivity (Wildman–Crippen MR) is 79.4 cm³/mol. The monoisotopic (exact) mass is 280 g/mol. The van der Waals surface area contributed by atoms with Crippen molar-refractivity contribution in [3.63, 3.8) is 0 Å². The number of rotatable bonds is 3. The van der Waals surface area contributed by atoms with Crippen molar-refractivity contribution in [1.82, 2.24) is 4.90 Å². The number of nitrogens with zero attached hydrogens (tertiary/aromatic N) is 1. The molecule has 0 unspecified atom stereocenters. The molecule has 1 aromatic rings. The van der Waals surface area contributed by atoms with Crippen LogP contribution in [0.2, 0.25) is 5.02 Å². The normalized spacial score (nSPS) is 16.6. The van der Waals surface area contributed by atoms with E-state index >= 15 is 0 Å². The lowest BCUT2D eigenvalue weighted by Gasteiger charge is -2.32. The fourth-order valence-corrected chi connectivity index (χ4v) is 2.86. The van der Waals surface area contributed by atoms with Gasteiger partial charge in [0.15, 0.2) is 0 Å². The van der Waals surface area contributed by atoms with E-state index in [0.717, 1.165) is 31.8 Å². The van der Waals surface area contributed by atoms with E-state index in [1.807, 2.05) is 4.90 Å². The fourth-order valence-electron chi connectivity index (χ4n) is 2.68. The van der Waals surface area contributed by atoms with Gasteiger partial charge in [-0.05, 0) is 37.0 Å². The standard InChI is InChI=1S/C15H21ClN2O/c1-2-3-11-6-8-18(9-7-11)15(19)12-4-5-14(17)13(16)10-12/h4-5,10-11H,2-3,6-9,17H2,1H3. The van der Waals surface area contributed by atoms with E-state index in [1.54, 1.807) is 18.2 Å². The number of anilines is 1. The zero-order valence-corrected chi connectivity index (χ0v) is 12.1. The van der Waals surface area contributed by atoms with Crippen molar-refractivity contribution in [2.24, 2.45) is 5.92 Å². The second kappa shape index (κ2) is 6.29. The van der Waals surface area contributed by atoms with Gasteiger partial charge in [0.25, 0.3) is 5.91 Å². The molecule has 1 saturated heterocycles. The van der Waals surface area contributed by atoms with Crippen LogP contribution in [-0.4, -0.2) is 23.9 Å². The number of piperidine rings is 1. The van der Waals surface area contributed by atoms with Gasteiger partial charge < -0.3 is 10.6 Å². The first-order valence-corrected chi connectivity index (χ1v) is 7.34. The molecule has 0 aliphatic carbocycles. The minimum atomic E-state index is 0.0665. The van der Waals surface area contributed by atoms with E-state index in [0.29, 0.717) is 16.3 Å². The lowest BCUT2D eigenvalue weighted by atomic mass is 9.92. The van der Waals surface area contributed by atoms with Gasteiger partial charge in [-0.3, -0.25) is 4.79 Å². The van der Waals surface area contributed by atoms with E-state index in [1.165, 1.54) is 12.8 Å². The summed E-state index contributed by atoms with van der Waals surface area (Å²) in [6.07, 6.45) is 4.73. The molecule has 0 saturated carbocycles. The summed E-state index contributed by atoms with van der Waals surface area (Å²) in [5.74, 6) is 0.848. The number of hydrogen-bond acceptors (Lipinski definition) is 2. The molecular formula is C15H21ClN2O. The van der Waals surface area contributed by atoms with Crippen LogP contribution in [0.15, 0.2) is 18.2 Å². The SMILES string of the molecule is CCCC1CCN(C(=O)c2ccc(N)c(Cl)c2)CC1. The Balaban J connectivity index is 1.99. The topological polar surface area (TPSA) is 46.3 Å². The van der Waals surface area contributed by atoms with Crippen molar-refractivity contribution in [3.05, 3.63) is 28.8 Å². The summed E-state index contributed by atoms with van der Waals surface area (Å²) in [7, 11) is 0. The van der Waals surface area contributed by atoms with Crippen LogP contribution in [0, 0.1) is 5.92 Å². The molecule has 104 valence electrons. The Kier molecular flexibility index (Phi) is 4.70. The number of nitrogen functional groups attached to an aromatic ring is 1. The average molecular weight is 281 g/mol. The van der Waals surface area contributed by atoms with Gasteiger partial charge in [-0.25, -0.2) is 0 Å². The molecule has 3 nitrogen and oxygen atoms in total. The van der Waals surface area contributed by atoms with E-state index in [-0.39, 0.29) is 5.91 Å². The Morgan fingerprint density at radius 2 is 2.11 bits per heavy atom. The molecule has 2 N–H and O–H groups in total. The maximum absolute atomic E-state index is 12.4. The van der Waals surface area contributed by atoms with Gasteiger partial charge in [0, 0.05) is 18.7 Å². The summed E-state index contributed by atoms with van der Waals surface area (Å²) in [5, 5.41) is 0.451. The Morgan fingerprint density at radius 1 is 1.42 bits per heavy atom. The summed E-state index contributed by atoms with van der Waals surface area (Å²) in [6, 6.07) is 5.11. The van der Waals surface area contributed by atoms with Gasteiger partial charge in [-0.2, -0.15) is 0 Å². The number of carbonyl (C=O) groups excluding carboxylic acids is 1. The molecular weight excluding hydrogens is 260 g/mol. The summed E-state index contributed by atoms with van der Waals surface area (Å²) < 4.78 is 0. The number of likely N-dealkylation sites (tertiary alicyclic amines) is 1. The molecule has 1 aliphatic rings. The second-order valence-corrected chi connectivity index (χ2v) is 5.67. The second-order valence-electron chi connectivity index (χ2n) is 5.26. The number of halogens is 1. The highest BCUT2D eigenvalue weighted by molar-refractivity contribution is 6.33. The van der Waals surface area contributed by atoms with Crippen LogP contribution in [0.5, 0.6) is 0 Å². The Labute approximate surface area is 119 Å². The minimum Gasteiger partial charge on any atom is -0.398 e. The minimum absolute atomic E-state index is 0.0665. The van der Waals surface area contributed by atoms with Crippen LogP contribution in [0.4, 0.5) is 5.69 Å². The molecule has 0 radical (unpaired) electrons. The van der Waals surface area contributed by atoms with E-state index in [2.05, 4.69) is 6.92 Å². The average Bonchev–Trinajstić information content (AvgIpc) is 2.42. The van der Waals surface area contributed by atoms with E-state index in [4.69, 9.17) is 17.3 Å². The van der Waals surface area contributed by atoms with Gasteiger partial charge in [-0.1, -0.05) is 31.4 Å². The third-order valence-electron chi connectivity index (χ3n) is 3.85. The van der Waals surface area contributed by atoms with Gasteiger partial charge in [-0.15, -0.1) is 0 Å². The number of carbonyl (C=O) groups is 1. The van der Waals surface area contributed by atoms with Crippen LogP contribution in [0.3, 0.4) is 0 Å². The predicted octanol–water partition coefficient (Wildman–Crippen LogP) is 3.57. The lowest BCUT2D eigenvalue weighted by Crippen LogP contribution is -2.38. The molecule has 4 heteroatoms. The third kappa shape index (κ3) is 3.41. The lowest BCUT2D eigenvalue weighted by molar-refractivity contribution is 0.0686. The van der Waals surface area contributed by atoms with Crippen molar-refractivity contribution < 1.29 is 4.79 Å². The maximum atomic E-state index is 12.4. The third-order valence-corrected chi connectivity index (χ3v) is 4.17. The smallest absolute Gasteiger partial charge is 0.253 e. The largest absolute Gasteiger partial charge is 0.398 e. The molecule has 1 aliphatic heterocycles. The molecule has 19 heavy (non-hydrogen) atoms. The number of amides is 1. The quantitative estimate of drug-likeness (QED) is 0.860. The molecule has 1 aromatic carbocycles. The summed E-state index contributed by atoms with van der Waals surface area (Å²) in [6.45, 7) is 3.92. The van der Waals surface area contributed by atoms with Gasteiger partial charge in [0.05, 0.1) is 10.7 Å². The molecule has 0 spiro atoms. The highest BCUT2D eigenvalue weighted by atomic mass is 35.5. The van der Waals surface area contributed by atoms with Crippen LogP contribution in [0.1, 0.15) is 43.0 Å². The molecule has 1 amide bonds. The van der Waals surface area contributed by atoms with Crippen molar-refractivity contribution in [1.29, 1.82) is 0 Å². The van der Waals surface area contributed by atoms with Crippen LogP contribution in [-0.2, 0) is 0 Å². The number of benzene rings is 1. The summed E-state index contributed by atoms with van der Waals surface area (Å²) in [5.41, 5.74) is 6.81. The molecule has 1 heterocycles. The van der Waals surface area contributed by atoms with Crippen molar-refractivity contribution in [2.45, 2.75) is 32.6 Å². The molecule has 0 aromatic heterocycles. The first-order valence-electron chi connectivity index (χ1n) is 6.96. The van der Waals surface area contributed by atoms with Gasteiger partial charge in [0.2, 0.25) is 0 Å². The highest BCUT2D eigenvalue weighted by Crippen LogP contribution is 2.25. The van der Waals surface area contributed by atoms with Crippen molar-refractivity contribution in [3.8, 4) is 0 Å². The van der Waals surface area contributed by atoms with Crippen LogP contribution in [0.25, 0.3) is 0 Å². The van der Waals surface area contributed by atoms with Crippen LogP contribution < -0.4 is 5.73 Å². The summed E-state index contributed by atoms with van der Waals surface area (Å²) >= 11 is 5.97. The Bertz CT molecular complexity index is 453. The van der Waals surface area contributed by atoms with E-state index < -0.39 is 0 Å². The summed E-state index contributed by atoms with van der Waals surface area (Å²) in [4.78, 5) is 14.3. The maximum Gasteiger partial charge on any atom is 0.253 e. The number of hydrogen-bond donors (Lipinski definition) is 1. The number of nitrogens with two attached hydrogens (primary N) is 1. The fraction of sp³-hybridized carbons (Fsp3) is 0.533. The Morgan fingerprint density at radius 3 is 2.68 bits per heavy atom. The molecule has 0 atom stereocenters. The van der Waals surface area contributed by atoms with Crippen molar-refractivity contribution >= 4 is 23.2 Å². The first-order chi connectivity index (χ1) is 9.11. The highest BCUT2D eigenvalue weighted by Gasteiger charge is 2.23. The van der Waals surface area contributed by atoms with Gasteiger partial charge in [0.1, 0.15) is 0 Å². The first kappa shape index (κ1) is 14.2. The zero-order valence-electron chi connectivity index (χ0n) is 11.4. The molecule has 0 bridgehead atoms.